The van der Waals surface area contributed by atoms with E-state index in [4.69, 9.17) is 4.74 Å². The number of carbonyl (C=O) groups is 1. The van der Waals surface area contributed by atoms with Crippen molar-refractivity contribution in [1.29, 1.82) is 0 Å². The van der Waals surface area contributed by atoms with Crippen molar-refractivity contribution in [3.63, 3.8) is 0 Å². The smallest absolute Gasteiger partial charge is 0.293 e. The van der Waals surface area contributed by atoms with Gasteiger partial charge in [-0.3, -0.25) is 4.79 Å². The van der Waals surface area contributed by atoms with Gasteiger partial charge in [-0.1, -0.05) is 39.0 Å². The highest BCUT2D eigenvalue weighted by Crippen LogP contribution is 2.30. The third-order valence-corrected chi connectivity index (χ3v) is 3.50. The fourth-order valence-corrected chi connectivity index (χ4v) is 2.59. The van der Waals surface area contributed by atoms with Gasteiger partial charge in [0, 0.05) is 0 Å². The van der Waals surface area contributed by atoms with Crippen LogP contribution in [-0.2, 0) is 9.53 Å². The van der Waals surface area contributed by atoms with Crippen molar-refractivity contribution in [2.24, 2.45) is 5.92 Å². The average molecular weight is 212 g/mol. The molecule has 88 valence electrons. The molecule has 0 amide bonds. The summed E-state index contributed by atoms with van der Waals surface area (Å²) in [5.74, 6) is 0.640. The molecule has 0 heterocycles. The zero-order chi connectivity index (χ0) is 10.9. The second-order valence-electron chi connectivity index (χ2n) is 4.66. The Morgan fingerprint density at radius 3 is 2.73 bits per heavy atom. The van der Waals surface area contributed by atoms with Gasteiger partial charge in [0.1, 0.15) is 6.10 Å². The number of ether oxygens (including phenoxy) is 1. The largest absolute Gasteiger partial charge is 0.464 e. The third kappa shape index (κ3) is 4.67. The predicted octanol–water partition coefficient (Wildman–Crippen LogP) is 3.69. The number of hydrogen-bond acceptors (Lipinski definition) is 2. The van der Waals surface area contributed by atoms with Gasteiger partial charge in [-0.15, -0.1) is 0 Å². The van der Waals surface area contributed by atoms with E-state index in [1.54, 1.807) is 0 Å². The average Bonchev–Trinajstić information content (AvgIpc) is 2.27. The molecule has 0 saturated heterocycles. The van der Waals surface area contributed by atoms with Crippen LogP contribution in [0.5, 0.6) is 0 Å². The van der Waals surface area contributed by atoms with Crippen molar-refractivity contribution >= 4 is 6.47 Å². The monoisotopic (exact) mass is 212 g/mol. The van der Waals surface area contributed by atoms with Gasteiger partial charge in [-0.2, -0.15) is 0 Å². The molecule has 0 aromatic carbocycles. The van der Waals surface area contributed by atoms with E-state index in [1.165, 1.54) is 51.4 Å². The Labute approximate surface area is 93.4 Å². The highest BCUT2D eigenvalue weighted by atomic mass is 16.5. The summed E-state index contributed by atoms with van der Waals surface area (Å²) in [5.41, 5.74) is 0. The van der Waals surface area contributed by atoms with E-state index < -0.39 is 0 Å². The quantitative estimate of drug-likeness (QED) is 0.475. The molecular formula is C13H24O2. The maximum atomic E-state index is 10.4. The maximum absolute atomic E-state index is 10.4. The van der Waals surface area contributed by atoms with Gasteiger partial charge in [0.05, 0.1) is 0 Å². The zero-order valence-corrected chi connectivity index (χ0v) is 9.91. The van der Waals surface area contributed by atoms with Crippen molar-refractivity contribution in [2.45, 2.75) is 70.8 Å². The second kappa shape index (κ2) is 7.72. The number of rotatable bonds is 7. The summed E-state index contributed by atoms with van der Waals surface area (Å²) >= 11 is 0. The summed E-state index contributed by atoms with van der Waals surface area (Å²) in [7, 11) is 0. The SMILES string of the molecule is CCCCCCC1CCCCC1OC=O. The lowest BCUT2D eigenvalue weighted by Crippen LogP contribution is -2.27. The number of carbonyl (C=O) groups excluding carboxylic acids is 1. The Bertz CT molecular complexity index is 168. The van der Waals surface area contributed by atoms with Crippen LogP contribution in [0.4, 0.5) is 0 Å². The van der Waals surface area contributed by atoms with Gasteiger partial charge in [0.25, 0.3) is 6.47 Å². The lowest BCUT2D eigenvalue weighted by atomic mass is 9.83. The molecule has 0 aromatic heterocycles. The van der Waals surface area contributed by atoms with Crippen molar-refractivity contribution in [3.05, 3.63) is 0 Å². The minimum absolute atomic E-state index is 0.220. The zero-order valence-electron chi connectivity index (χ0n) is 9.91. The van der Waals surface area contributed by atoms with Crippen LogP contribution >= 0.6 is 0 Å². The van der Waals surface area contributed by atoms with Crippen molar-refractivity contribution in [1.82, 2.24) is 0 Å². The summed E-state index contributed by atoms with van der Waals surface area (Å²) in [5, 5.41) is 0. The molecule has 0 spiro atoms. The standard InChI is InChI=1S/C13H24O2/c1-2-3-4-5-8-12-9-6-7-10-13(12)15-11-14/h11-13H,2-10H2,1H3. The molecule has 2 unspecified atom stereocenters. The van der Waals surface area contributed by atoms with Gasteiger partial charge < -0.3 is 4.74 Å². The predicted molar refractivity (Wildman–Crippen MR) is 61.7 cm³/mol. The highest BCUT2D eigenvalue weighted by molar-refractivity contribution is 5.37. The van der Waals surface area contributed by atoms with Crippen molar-refractivity contribution < 1.29 is 9.53 Å². The van der Waals surface area contributed by atoms with Crippen LogP contribution < -0.4 is 0 Å². The van der Waals surface area contributed by atoms with Crippen LogP contribution in [-0.4, -0.2) is 12.6 Å². The molecule has 0 N–H and O–H groups in total. The molecule has 2 atom stereocenters. The van der Waals surface area contributed by atoms with E-state index >= 15 is 0 Å². The molecule has 1 aliphatic carbocycles. The fourth-order valence-electron chi connectivity index (χ4n) is 2.59. The minimum atomic E-state index is 0.220. The molecule has 1 rings (SSSR count). The molecule has 2 nitrogen and oxygen atoms in total. The summed E-state index contributed by atoms with van der Waals surface area (Å²) in [6.07, 6.45) is 11.6. The molecule has 0 aliphatic heterocycles. The molecule has 1 aliphatic rings. The Balaban J connectivity index is 2.20. The first kappa shape index (κ1) is 12.5. The minimum Gasteiger partial charge on any atom is -0.464 e. The third-order valence-electron chi connectivity index (χ3n) is 3.50. The molecule has 0 radical (unpaired) electrons. The maximum Gasteiger partial charge on any atom is 0.293 e. The van der Waals surface area contributed by atoms with Crippen LogP contribution in [0.25, 0.3) is 0 Å². The Kier molecular flexibility index (Phi) is 6.45. The van der Waals surface area contributed by atoms with Crippen molar-refractivity contribution in [2.75, 3.05) is 0 Å². The second-order valence-corrected chi connectivity index (χ2v) is 4.66. The van der Waals surface area contributed by atoms with Crippen LogP contribution in [0.3, 0.4) is 0 Å². The van der Waals surface area contributed by atoms with E-state index in [1.807, 2.05) is 0 Å². The van der Waals surface area contributed by atoms with Gasteiger partial charge in [0.2, 0.25) is 0 Å². The highest BCUT2D eigenvalue weighted by Gasteiger charge is 2.25. The summed E-state index contributed by atoms with van der Waals surface area (Å²) in [6, 6.07) is 0. The topological polar surface area (TPSA) is 26.3 Å². The van der Waals surface area contributed by atoms with Crippen LogP contribution in [0.15, 0.2) is 0 Å². The van der Waals surface area contributed by atoms with Gasteiger partial charge in [0.15, 0.2) is 0 Å². The van der Waals surface area contributed by atoms with E-state index in [0.717, 1.165) is 6.42 Å². The lowest BCUT2D eigenvalue weighted by Gasteiger charge is -2.29. The molecule has 1 saturated carbocycles. The van der Waals surface area contributed by atoms with Crippen LogP contribution in [0, 0.1) is 5.92 Å². The van der Waals surface area contributed by atoms with E-state index in [2.05, 4.69) is 6.92 Å². The summed E-state index contributed by atoms with van der Waals surface area (Å²) < 4.78 is 5.17. The Hall–Kier alpha value is -0.530. The molecule has 0 bridgehead atoms. The van der Waals surface area contributed by atoms with Crippen LogP contribution in [0.1, 0.15) is 64.7 Å². The molecule has 2 heteroatoms. The lowest BCUT2D eigenvalue weighted by molar-refractivity contribution is -0.138. The normalized spacial score (nSPS) is 26.2. The number of hydrogen-bond donors (Lipinski definition) is 0. The number of unbranched alkanes of at least 4 members (excludes halogenated alkanes) is 3. The van der Waals surface area contributed by atoms with Gasteiger partial charge in [-0.25, -0.2) is 0 Å². The Morgan fingerprint density at radius 1 is 1.20 bits per heavy atom. The first-order chi connectivity index (χ1) is 7.38. The fraction of sp³-hybridized carbons (Fsp3) is 0.923. The van der Waals surface area contributed by atoms with Crippen molar-refractivity contribution in [3.8, 4) is 0 Å². The van der Waals surface area contributed by atoms with Gasteiger partial charge >= 0.3 is 0 Å². The summed E-state index contributed by atoms with van der Waals surface area (Å²) in [4.78, 5) is 10.4. The first-order valence-electron chi connectivity index (χ1n) is 6.47. The van der Waals surface area contributed by atoms with E-state index in [0.29, 0.717) is 12.4 Å². The van der Waals surface area contributed by atoms with E-state index in [9.17, 15) is 4.79 Å². The Morgan fingerprint density at radius 2 is 2.00 bits per heavy atom. The summed E-state index contributed by atoms with van der Waals surface area (Å²) in [6.45, 7) is 2.87. The molecule has 0 aromatic rings. The van der Waals surface area contributed by atoms with E-state index in [-0.39, 0.29) is 6.10 Å². The molecule has 1 fully saturated rings. The molecule has 15 heavy (non-hydrogen) atoms. The van der Waals surface area contributed by atoms with Gasteiger partial charge in [-0.05, 0) is 31.6 Å². The first-order valence-corrected chi connectivity index (χ1v) is 6.47. The van der Waals surface area contributed by atoms with Crippen LogP contribution in [0.2, 0.25) is 0 Å². The molecular weight excluding hydrogens is 188 g/mol.